The Bertz CT molecular complexity index is 255. The molecule has 0 spiro atoms. The van der Waals surface area contributed by atoms with E-state index in [9.17, 15) is 15.0 Å². The van der Waals surface area contributed by atoms with Gasteiger partial charge < -0.3 is 14.9 Å². The van der Waals surface area contributed by atoms with Gasteiger partial charge in [0.2, 0.25) is 0 Å². The van der Waals surface area contributed by atoms with Gasteiger partial charge in [-0.15, -0.1) is 0 Å². The average molecular weight is 245 g/mol. The number of carbonyl (C=O) groups excluding carboxylic acids is 1. The Morgan fingerprint density at radius 1 is 1.47 bits per heavy atom. The highest BCUT2D eigenvalue weighted by atomic mass is 16.5. The largest absolute Gasteiger partial charge is 0.467 e. The molecular formula is C12H23NO4. The molecule has 2 N–H and O–H groups in total. The van der Waals surface area contributed by atoms with Gasteiger partial charge in [0.15, 0.2) is 5.60 Å². The van der Waals surface area contributed by atoms with E-state index in [2.05, 4.69) is 4.74 Å². The van der Waals surface area contributed by atoms with Crippen LogP contribution in [0.3, 0.4) is 0 Å². The van der Waals surface area contributed by atoms with Crippen LogP contribution in [-0.2, 0) is 9.53 Å². The number of aliphatic hydroxyl groups excluding tert-OH is 1. The Kier molecular flexibility index (Phi) is 5.36. The topological polar surface area (TPSA) is 70.0 Å². The molecule has 1 aliphatic heterocycles. The SMILES string of the molecule is COC(=O)C(C)(O)CN1CCCCCC1CO. The van der Waals surface area contributed by atoms with Crippen molar-refractivity contribution in [3.63, 3.8) is 0 Å². The number of hydrogen-bond acceptors (Lipinski definition) is 5. The molecule has 1 heterocycles. The lowest BCUT2D eigenvalue weighted by Gasteiger charge is -2.33. The van der Waals surface area contributed by atoms with E-state index in [0.717, 1.165) is 32.2 Å². The average Bonchev–Trinajstić information content (AvgIpc) is 2.52. The van der Waals surface area contributed by atoms with E-state index < -0.39 is 11.6 Å². The van der Waals surface area contributed by atoms with Crippen LogP contribution in [0.25, 0.3) is 0 Å². The van der Waals surface area contributed by atoms with Crippen LogP contribution in [0.4, 0.5) is 0 Å². The van der Waals surface area contributed by atoms with Crippen molar-refractivity contribution in [2.75, 3.05) is 26.8 Å². The monoisotopic (exact) mass is 245 g/mol. The Morgan fingerprint density at radius 2 is 2.18 bits per heavy atom. The van der Waals surface area contributed by atoms with Crippen LogP contribution in [0.2, 0.25) is 0 Å². The maximum Gasteiger partial charge on any atom is 0.338 e. The molecule has 0 bridgehead atoms. The fraction of sp³-hybridized carbons (Fsp3) is 0.917. The number of carbonyl (C=O) groups is 1. The number of β-amino-alcohol motifs (C(OH)–C–C–N with tert-alkyl or cyclic N) is 1. The Labute approximate surface area is 102 Å². The van der Waals surface area contributed by atoms with Gasteiger partial charge in [0.1, 0.15) is 0 Å². The van der Waals surface area contributed by atoms with Crippen molar-refractivity contribution in [2.24, 2.45) is 0 Å². The zero-order valence-electron chi connectivity index (χ0n) is 10.7. The fourth-order valence-electron chi connectivity index (χ4n) is 2.33. The first-order valence-electron chi connectivity index (χ1n) is 6.17. The van der Waals surface area contributed by atoms with Gasteiger partial charge in [-0.05, 0) is 26.3 Å². The van der Waals surface area contributed by atoms with Crippen LogP contribution in [0, 0.1) is 0 Å². The van der Waals surface area contributed by atoms with Gasteiger partial charge in [-0.2, -0.15) is 0 Å². The van der Waals surface area contributed by atoms with Crippen LogP contribution in [0.1, 0.15) is 32.6 Å². The van der Waals surface area contributed by atoms with Crippen molar-refractivity contribution < 1.29 is 19.7 Å². The Hall–Kier alpha value is -0.650. The molecule has 2 unspecified atom stereocenters. The molecule has 100 valence electrons. The van der Waals surface area contributed by atoms with Crippen molar-refractivity contribution in [1.29, 1.82) is 0 Å². The molecule has 0 aliphatic carbocycles. The molecule has 1 saturated heterocycles. The quantitative estimate of drug-likeness (QED) is 0.690. The van der Waals surface area contributed by atoms with Crippen LogP contribution < -0.4 is 0 Å². The number of rotatable bonds is 4. The fourth-order valence-corrected chi connectivity index (χ4v) is 2.33. The van der Waals surface area contributed by atoms with Gasteiger partial charge in [0, 0.05) is 12.6 Å². The summed E-state index contributed by atoms with van der Waals surface area (Å²) < 4.78 is 4.58. The highest BCUT2D eigenvalue weighted by Crippen LogP contribution is 2.19. The first-order chi connectivity index (χ1) is 8.01. The number of nitrogens with zero attached hydrogens (tertiary/aromatic N) is 1. The molecular weight excluding hydrogens is 222 g/mol. The lowest BCUT2D eigenvalue weighted by Crippen LogP contribution is -2.51. The van der Waals surface area contributed by atoms with E-state index in [4.69, 9.17) is 0 Å². The number of ether oxygens (including phenoxy) is 1. The number of methoxy groups -OCH3 is 1. The summed E-state index contributed by atoms with van der Waals surface area (Å²) in [5.74, 6) is -0.626. The molecule has 1 rings (SSSR count). The third-order valence-corrected chi connectivity index (χ3v) is 3.35. The van der Waals surface area contributed by atoms with Crippen LogP contribution in [0.15, 0.2) is 0 Å². The van der Waals surface area contributed by atoms with E-state index in [1.54, 1.807) is 0 Å². The maximum absolute atomic E-state index is 11.4. The van der Waals surface area contributed by atoms with Crippen molar-refractivity contribution in [3.8, 4) is 0 Å². The van der Waals surface area contributed by atoms with Crippen LogP contribution >= 0.6 is 0 Å². The zero-order chi connectivity index (χ0) is 12.9. The highest BCUT2D eigenvalue weighted by Gasteiger charge is 2.35. The third kappa shape index (κ3) is 3.94. The van der Waals surface area contributed by atoms with Gasteiger partial charge in [0.25, 0.3) is 0 Å². The molecule has 1 aliphatic rings. The normalized spacial score (nSPS) is 26.0. The molecule has 5 nitrogen and oxygen atoms in total. The molecule has 0 aromatic heterocycles. The van der Waals surface area contributed by atoms with E-state index in [1.807, 2.05) is 4.90 Å². The zero-order valence-corrected chi connectivity index (χ0v) is 10.7. The smallest absolute Gasteiger partial charge is 0.338 e. The summed E-state index contributed by atoms with van der Waals surface area (Å²) in [6.07, 6.45) is 4.16. The lowest BCUT2D eigenvalue weighted by molar-refractivity contribution is -0.163. The standard InChI is InChI=1S/C12H23NO4/c1-12(16,11(15)17-2)9-13-7-5-3-4-6-10(13)8-14/h10,14,16H,3-9H2,1-2H3. The summed E-state index contributed by atoms with van der Waals surface area (Å²) in [7, 11) is 1.27. The molecule has 17 heavy (non-hydrogen) atoms. The first kappa shape index (κ1) is 14.4. The van der Waals surface area contributed by atoms with Gasteiger partial charge in [-0.3, -0.25) is 4.90 Å². The van der Waals surface area contributed by atoms with Crippen molar-refractivity contribution in [1.82, 2.24) is 4.90 Å². The molecule has 0 saturated carbocycles. The van der Waals surface area contributed by atoms with Gasteiger partial charge in [0.05, 0.1) is 13.7 Å². The van der Waals surface area contributed by atoms with E-state index in [-0.39, 0.29) is 19.2 Å². The Morgan fingerprint density at radius 3 is 2.76 bits per heavy atom. The van der Waals surface area contributed by atoms with Crippen LogP contribution in [0.5, 0.6) is 0 Å². The summed E-state index contributed by atoms with van der Waals surface area (Å²) in [6.45, 7) is 2.54. The molecule has 0 amide bonds. The summed E-state index contributed by atoms with van der Waals surface area (Å²) in [5, 5.41) is 19.4. The number of aliphatic hydroxyl groups is 2. The van der Waals surface area contributed by atoms with Gasteiger partial charge >= 0.3 is 5.97 Å². The molecule has 0 radical (unpaired) electrons. The number of hydrogen-bond donors (Lipinski definition) is 2. The second-order valence-corrected chi connectivity index (χ2v) is 4.92. The number of esters is 1. The van der Waals surface area contributed by atoms with Crippen molar-refractivity contribution in [3.05, 3.63) is 0 Å². The molecule has 2 atom stereocenters. The van der Waals surface area contributed by atoms with E-state index in [0.29, 0.717) is 0 Å². The molecule has 5 heteroatoms. The van der Waals surface area contributed by atoms with Crippen molar-refractivity contribution in [2.45, 2.75) is 44.2 Å². The molecule has 1 fully saturated rings. The van der Waals surface area contributed by atoms with Gasteiger partial charge in [-0.1, -0.05) is 12.8 Å². The van der Waals surface area contributed by atoms with Crippen LogP contribution in [-0.4, -0.2) is 59.5 Å². The van der Waals surface area contributed by atoms with Crippen molar-refractivity contribution >= 4 is 5.97 Å². The third-order valence-electron chi connectivity index (χ3n) is 3.35. The molecule has 0 aromatic carbocycles. The minimum Gasteiger partial charge on any atom is -0.467 e. The summed E-state index contributed by atoms with van der Waals surface area (Å²) in [5.41, 5.74) is -1.51. The number of likely N-dealkylation sites (tertiary alicyclic amines) is 1. The van der Waals surface area contributed by atoms with E-state index in [1.165, 1.54) is 14.0 Å². The predicted octanol–water partition coefficient (Wildman–Crippen LogP) is 0.147. The second kappa shape index (κ2) is 6.33. The summed E-state index contributed by atoms with van der Waals surface area (Å²) >= 11 is 0. The second-order valence-electron chi connectivity index (χ2n) is 4.92. The Balaban J connectivity index is 2.65. The minimum atomic E-state index is -1.51. The van der Waals surface area contributed by atoms with E-state index >= 15 is 0 Å². The summed E-state index contributed by atoms with van der Waals surface area (Å²) in [4.78, 5) is 13.4. The maximum atomic E-state index is 11.4. The lowest BCUT2D eigenvalue weighted by atomic mass is 10.0. The minimum absolute atomic E-state index is 0.0358. The molecule has 0 aromatic rings. The predicted molar refractivity (Wildman–Crippen MR) is 63.6 cm³/mol. The van der Waals surface area contributed by atoms with Gasteiger partial charge in [-0.25, -0.2) is 4.79 Å². The first-order valence-corrected chi connectivity index (χ1v) is 6.17. The summed E-state index contributed by atoms with van der Waals surface area (Å²) in [6, 6.07) is 0.0358. The highest BCUT2D eigenvalue weighted by molar-refractivity contribution is 5.78.